The Morgan fingerprint density at radius 3 is 2.15 bits per heavy atom. The van der Waals surface area contributed by atoms with Crippen molar-refractivity contribution in [3.8, 4) is 0 Å². The van der Waals surface area contributed by atoms with Gasteiger partial charge in [0.2, 0.25) is 0 Å². The van der Waals surface area contributed by atoms with E-state index >= 15 is 0 Å². The van der Waals surface area contributed by atoms with E-state index in [0.717, 1.165) is 11.8 Å². The molecular weight excluding hydrogens is 164 g/mol. The van der Waals surface area contributed by atoms with Crippen molar-refractivity contribution in [2.45, 2.75) is 26.7 Å². The second-order valence-corrected chi connectivity index (χ2v) is 5.15. The van der Waals surface area contributed by atoms with Crippen LogP contribution < -0.4 is 0 Å². The number of aliphatic hydroxyl groups is 2. The summed E-state index contributed by atoms with van der Waals surface area (Å²) < 4.78 is 0. The smallest absolute Gasteiger partial charge is 0.0514 e. The highest BCUT2D eigenvalue weighted by Crippen LogP contribution is 2.61. The Morgan fingerprint density at radius 1 is 1.15 bits per heavy atom. The van der Waals surface area contributed by atoms with Gasteiger partial charge in [0.25, 0.3) is 0 Å². The first kappa shape index (κ1) is 9.47. The summed E-state index contributed by atoms with van der Waals surface area (Å²) in [5.41, 5.74) is -0.156. The zero-order chi connectivity index (χ0) is 9.64. The molecule has 0 heterocycles. The topological polar surface area (TPSA) is 40.5 Å². The second-order valence-electron chi connectivity index (χ2n) is 5.15. The first-order valence-electron chi connectivity index (χ1n) is 5.37. The van der Waals surface area contributed by atoms with Crippen LogP contribution in [-0.2, 0) is 0 Å². The van der Waals surface area contributed by atoms with Crippen LogP contribution in [0.5, 0.6) is 0 Å². The van der Waals surface area contributed by atoms with E-state index in [1.54, 1.807) is 0 Å². The van der Waals surface area contributed by atoms with Crippen molar-refractivity contribution in [1.82, 2.24) is 0 Å². The van der Waals surface area contributed by atoms with Gasteiger partial charge < -0.3 is 10.2 Å². The zero-order valence-corrected chi connectivity index (χ0v) is 8.53. The summed E-state index contributed by atoms with van der Waals surface area (Å²) in [6.45, 7) is 4.84. The van der Waals surface area contributed by atoms with Crippen LogP contribution in [-0.4, -0.2) is 23.4 Å². The van der Waals surface area contributed by atoms with Crippen molar-refractivity contribution in [2.24, 2.45) is 29.1 Å². The molecule has 13 heavy (non-hydrogen) atoms. The van der Waals surface area contributed by atoms with Gasteiger partial charge in [-0.15, -0.1) is 0 Å². The lowest BCUT2D eigenvalue weighted by atomic mass is 9.65. The molecule has 0 radical (unpaired) electrons. The first-order valence-corrected chi connectivity index (χ1v) is 5.37. The Balaban J connectivity index is 2.25. The lowest BCUT2D eigenvalue weighted by molar-refractivity contribution is -0.0397. The maximum Gasteiger partial charge on any atom is 0.0514 e. The molecule has 4 unspecified atom stereocenters. The summed E-state index contributed by atoms with van der Waals surface area (Å²) in [6.07, 6.45) is 2.43. The average Bonchev–Trinajstić information content (AvgIpc) is 2.61. The monoisotopic (exact) mass is 184 g/mol. The van der Waals surface area contributed by atoms with Gasteiger partial charge in [0.15, 0.2) is 0 Å². The highest BCUT2D eigenvalue weighted by atomic mass is 16.3. The van der Waals surface area contributed by atoms with E-state index in [-0.39, 0.29) is 18.6 Å². The van der Waals surface area contributed by atoms with Crippen LogP contribution in [0.25, 0.3) is 0 Å². The van der Waals surface area contributed by atoms with E-state index in [4.69, 9.17) is 0 Å². The third kappa shape index (κ3) is 1.02. The van der Waals surface area contributed by atoms with E-state index in [9.17, 15) is 10.2 Å². The fourth-order valence-electron chi connectivity index (χ4n) is 3.84. The van der Waals surface area contributed by atoms with Gasteiger partial charge in [-0.2, -0.15) is 0 Å². The molecule has 0 aromatic heterocycles. The Bertz CT molecular complexity index is 194. The van der Waals surface area contributed by atoms with Gasteiger partial charge in [-0.3, -0.25) is 0 Å². The lowest BCUT2D eigenvalue weighted by Crippen LogP contribution is -2.43. The molecule has 0 aromatic carbocycles. The minimum atomic E-state index is -0.156. The standard InChI is InChI=1S/C11H20O2/c1-7-3-9-4-10(7)8(2)11(9,5-12)6-13/h7-10,12-13H,3-6H2,1-2H3. The van der Waals surface area contributed by atoms with Gasteiger partial charge in [0.05, 0.1) is 13.2 Å². The van der Waals surface area contributed by atoms with Gasteiger partial charge >= 0.3 is 0 Å². The zero-order valence-electron chi connectivity index (χ0n) is 8.53. The van der Waals surface area contributed by atoms with Crippen molar-refractivity contribution >= 4 is 0 Å². The summed E-state index contributed by atoms with van der Waals surface area (Å²) in [5, 5.41) is 18.9. The van der Waals surface area contributed by atoms with Crippen molar-refractivity contribution in [1.29, 1.82) is 0 Å². The molecule has 0 amide bonds. The molecule has 0 aliphatic heterocycles. The quantitative estimate of drug-likeness (QED) is 0.678. The maximum atomic E-state index is 9.44. The van der Waals surface area contributed by atoms with Crippen LogP contribution in [0.15, 0.2) is 0 Å². The number of fused-ring (bicyclic) bond motifs is 2. The molecule has 2 fully saturated rings. The van der Waals surface area contributed by atoms with E-state index < -0.39 is 0 Å². The highest BCUT2D eigenvalue weighted by Gasteiger charge is 2.57. The van der Waals surface area contributed by atoms with Gasteiger partial charge in [0.1, 0.15) is 0 Å². The molecular formula is C11H20O2. The summed E-state index contributed by atoms with van der Waals surface area (Å²) >= 11 is 0. The average molecular weight is 184 g/mol. The van der Waals surface area contributed by atoms with Crippen molar-refractivity contribution in [2.75, 3.05) is 13.2 Å². The maximum absolute atomic E-state index is 9.44. The van der Waals surface area contributed by atoms with Crippen LogP contribution in [0.3, 0.4) is 0 Å². The fourth-order valence-corrected chi connectivity index (χ4v) is 3.84. The summed E-state index contributed by atoms with van der Waals surface area (Å²) in [6, 6.07) is 0. The molecule has 2 aliphatic rings. The predicted octanol–water partition coefficient (Wildman–Crippen LogP) is 1.27. The molecule has 0 spiro atoms. The molecule has 0 aromatic rings. The van der Waals surface area contributed by atoms with Gasteiger partial charge in [-0.25, -0.2) is 0 Å². The van der Waals surface area contributed by atoms with Crippen LogP contribution >= 0.6 is 0 Å². The summed E-state index contributed by atoms with van der Waals surface area (Å²) in [5.74, 6) is 2.60. The molecule has 2 nitrogen and oxygen atoms in total. The molecule has 4 atom stereocenters. The van der Waals surface area contributed by atoms with Gasteiger partial charge in [-0.05, 0) is 36.5 Å². The van der Waals surface area contributed by atoms with E-state index in [0.29, 0.717) is 11.8 Å². The largest absolute Gasteiger partial charge is 0.396 e. The molecule has 2 heteroatoms. The number of hydrogen-bond donors (Lipinski definition) is 2. The summed E-state index contributed by atoms with van der Waals surface area (Å²) in [4.78, 5) is 0. The van der Waals surface area contributed by atoms with E-state index in [1.165, 1.54) is 12.8 Å². The molecule has 2 bridgehead atoms. The lowest BCUT2D eigenvalue weighted by Gasteiger charge is -2.41. The Morgan fingerprint density at radius 2 is 1.77 bits per heavy atom. The second kappa shape index (κ2) is 2.96. The first-order chi connectivity index (χ1) is 6.15. The molecule has 2 saturated carbocycles. The van der Waals surface area contributed by atoms with Crippen LogP contribution in [0.1, 0.15) is 26.7 Å². The van der Waals surface area contributed by atoms with Crippen LogP contribution in [0.4, 0.5) is 0 Å². The number of rotatable bonds is 2. The predicted molar refractivity (Wildman–Crippen MR) is 51.1 cm³/mol. The highest BCUT2D eigenvalue weighted by molar-refractivity contribution is 5.06. The molecule has 76 valence electrons. The Labute approximate surface area is 80.0 Å². The number of hydrogen-bond acceptors (Lipinski definition) is 2. The van der Waals surface area contributed by atoms with Crippen molar-refractivity contribution in [3.05, 3.63) is 0 Å². The molecule has 2 aliphatic carbocycles. The van der Waals surface area contributed by atoms with Crippen LogP contribution in [0, 0.1) is 29.1 Å². The van der Waals surface area contributed by atoms with Crippen LogP contribution in [0.2, 0.25) is 0 Å². The van der Waals surface area contributed by atoms with E-state index in [2.05, 4.69) is 13.8 Å². The molecule has 0 saturated heterocycles. The SMILES string of the molecule is CC1CC2CC1C(C)C2(CO)CO. The fraction of sp³-hybridized carbons (Fsp3) is 1.00. The number of aliphatic hydroxyl groups excluding tert-OH is 2. The van der Waals surface area contributed by atoms with Gasteiger partial charge in [0, 0.05) is 5.41 Å². The Kier molecular flexibility index (Phi) is 2.16. The Hall–Kier alpha value is -0.0800. The normalized spacial score (nSPS) is 47.1. The van der Waals surface area contributed by atoms with Crippen molar-refractivity contribution < 1.29 is 10.2 Å². The van der Waals surface area contributed by atoms with Crippen molar-refractivity contribution in [3.63, 3.8) is 0 Å². The minimum absolute atomic E-state index is 0.156. The molecule has 2 N–H and O–H groups in total. The summed E-state index contributed by atoms with van der Waals surface area (Å²) in [7, 11) is 0. The third-order valence-electron chi connectivity index (χ3n) is 4.89. The van der Waals surface area contributed by atoms with Gasteiger partial charge in [-0.1, -0.05) is 13.8 Å². The minimum Gasteiger partial charge on any atom is -0.396 e. The van der Waals surface area contributed by atoms with E-state index in [1.807, 2.05) is 0 Å². The third-order valence-corrected chi connectivity index (χ3v) is 4.89. The molecule has 2 rings (SSSR count).